The molecule has 0 rings (SSSR count). The summed E-state index contributed by atoms with van der Waals surface area (Å²) in [7, 11) is 1.27. The van der Waals surface area contributed by atoms with E-state index in [1.54, 1.807) is 0 Å². The molecule has 0 unspecified atom stereocenters. The number of halogens is 1. The number of nitrogens with zero attached hydrogens (tertiary/aromatic N) is 1. The van der Waals surface area contributed by atoms with Gasteiger partial charge in [-0.15, -0.1) is 0 Å². The maximum absolute atomic E-state index is 11.0. The van der Waals surface area contributed by atoms with Crippen LogP contribution in [0, 0.1) is 12.5 Å². The van der Waals surface area contributed by atoms with E-state index in [2.05, 4.69) is 25.5 Å². The molecule has 0 saturated carbocycles. The highest BCUT2D eigenvalue weighted by Gasteiger charge is 2.15. The Labute approximate surface area is 86.7 Å². The molecule has 0 atom stereocenters. The summed E-state index contributed by atoms with van der Waals surface area (Å²) in [4.78, 5) is 14.2. The molecule has 0 bridgehead atoms. The number of hydrogen-bond acceptors (Lipinski definition) is 2. The van der Waals surface area contributed by atoms with Crippen molar-refractivity contribution in [2.45, 2.75) is 20.3 Å². The minimum absolute atomic E-state index is 0.0381. The number of allylic oxidation sites excluding steroid dienone is 1. The lowest BCUT2D eigenvalue weighted by Gasteiger charge is -2.05. The van der Waals surface area contributed by atoms with E-state index in [1.165, 1.54) is 7.11 Å². The smallest absolute Gasteiger partial charge is 0.336 e. The largest absolute Gasteiger partial charge is 0.474 e. The molecular weight excluding hydrogens is 234 g/mol. The molecule has 4 heteroatoms. The molecule has 0 aromatic carbocycles. The predicted octanol–water partition coefficient (Wildman–Crippen LogP) is 2.73. The van der Waals surface area contributed by atoms with Crippen molar-refractivity contribution >= 4 is 21.9 Å². The normalized spacial score (nSPS) is 12.0. The maximum atomic E-state index is 11.0. The molecule has 0 aromatic rings. The minimum Gasteiger partial charge on any atom is -0.474 e. The average molecular weight is 246 g/mol. The summed E-state index contributed by atoms with van der Waals surface area (Å²) in [5.74, 6) is -0.182. The van der Waals surface area contributed by atoms with Crippen LogP contribution in [0.3, 0.4) is 0 Å². The summed E-state index contributed by atoms with van der Waals surface area (Å²) in [5.41, 5.74) is 0.0381. The second-order valence-electron chi connectivity index (χ2n) is 2.95. The summed E-state index contributed by atoms with van der Waals surface area (Å²) < 4.78 is 5.08. The van der Waals surface area contributed by atoms with Gasteiger partial charge in [0, 0.05) is 4.48 Å². The molecule has 0 aliphatic carbocycles. The van der Waals surface area contributed by atoms with Gasteiger partial charge >= 0.3 is 5.97 Å². The Hall–Kier alpha value is -0.820. The summed E-state index contributed by atoms with van der Waals surface area (Å²) in [6.45, 7) is 10.8. The first-order chi connectivity index (χ1) is 6.02. The average Bonchev–Trinajstić information content (AvgIpc) is 2.03. The van der Waals surface area contributed by atoms with Gasteiger partial charge in [0.15, 0.2) is 0 Å². The number of hydrogen-bond donors (Lipinski definition) is 0. The van der Waals surface area contributed by atoms with Gasteiger partial charge in [0.05, 0.1) is 13.7 Å². The molecular formula is C9H12BrNO2. The van der Waals surface area contributed by atoms with E-state index in [4.69, 9.17) is 6.57 Å². The maximum Gasteiger partial charge on any atom is 0.336 e. The van der Waals surface area contributed by atoms with Crippen LogP contribution in [0.15, 0.2) is 10.2 Å². The molecule has 0 aromatic heterocycles. The van der Waals surface area contributed by atoms with Crippen molar-refractivity contribution in [2.75, 3.05) is 7.11 Å². The number of rotatable bonds is 3. The fourth-order valence-corrected chi connectivity index (χ4v) is 1.67. The van der Waals surface area contributed by atoms with Crippen LogP contribution < -0.4 is 0 Å². The van der Waals surface area contributed by atoms with Crippen LogP contribution in [0.5, 0.6) is 0 Å². The van der Waals surface area contributed by atoms with Crippen LogP contribution in [0.4, 0.5) is 0 Å². The van der Waals surface area contributed by atoms with Crippen LogP contribution in [0.25, 0.3) is 4.85 Å². The highest BCUT2D eigenvalue weighted by molar-refractivity contribution is 9.11. The van der Waals surface area contributed by atoms with Gasteiger partial charge in [-0.05, 0) is 12.3 Å². The van der Waals surface area contributed by atoms with Crippen molar-refractivity contribution in [3.8, 4) is 0 Å². The van der Waals surface area contributed by atoms with Crippen molar-refractivity contribution in [2.24, 2.45) is 5.92 Å². The molecule has 0 saturated heterocycles. The van der Waals surface area contributed by atoms with E-state index in [0.29, 0.717) is 16.8 Å². The number of carbonyl (C=O) groups is 1. The van der Waals surface area contributed by atoms with Gasteiger partial charge in [-0.3, -0.25) is 4.79 Å². The number of carbonyl (C=O) groups excluding carboxylic acids is 1. The van der Waals surface area contributed by atoms with Gasteiger partial charge in [-0.25, -0.2) is 4.85 Å². The molecule has 0 fully saturated rings. The van der Waals surface area contributed by atoms with Gasteiger partial charge in [-0.2, -0.15) is 0 Å². The monoisotopic (exact) mass is 245 g/mol. The zero-order valence-electron chi connectivity index (χ0n) is 7.93. The Morgan fingerprint density at radius 3 is 2.46 bits per heavy atom. The third-order valence-electron chi connectivity index (χ3n) is 1.33. The Morgan fingerprint density at radius 2 is 2.15 bits per heavy atom. The highest BCUT2D eigenvalue weighted by atomic mass is 79.9. The van der Waals surface area contributed by atoms with Crippen LogP contribution in [0.1, 0.15) is 20.3 Å². The topological polar surface area (TPSA) is 30.7 Å². The standard InChI is InChI=1S/C9H12BrNO2/c1-6(2)5-7(10)8(11-3)9(12)13-4/h6H,5H2,1-2,4H3/b8-7+. The fourth-order valence-electron chi connectivity index (χ4n) is 0.769. The molecule has 72 valence electrons. The summed E-state index contributed by atoms with van der Waals surface area (Å²) >= 11 is 3.21. The van der Waals surface area contributed by atoms with Crippen molar-refractivity contribution < 1.29 is 9.53 Å². The lowest BCUT2D eigenvalue weighted by molar-refractivity contribution is -0.135. The van der Waals surface area contributed by atoms with E-state index in [9.17, 15) is 4.79 Å². The molecule has 3 nitrogen and oxygen atoms in total. The molecule has 0 amide bonds. The molecule has 0 N–H and O–H groups in total. The first kappa shape index (κ1) is 12.2. The third-order valence-corrected chi connectivity index (χ3v) is 2.03. The lowest BCUT2D eigenvalue weighted by atomic mass is 10.1. The van der Waals surface area contributed by atoms with Crippen LogP contribution in [-0.2, 0) is 9.53 Å². The molecule has 0 radical (unpaired) electrons. The SMILES string of the molecule is [C-]#[N+]/C(C(=O)OC)=C(/Br)CC(C)C. The molecule has 0 aliphatic heterocycles. The van der Waals surface area contributed by atoms with Gasteiger partial charge in [-0.1, -0.05) is 29.8 Å². The van der Waals surface area contributed by atoms with E-state index in [1.807, 2.05) is 13.8 Å². The van der Waals surface area contributed by atoms with Crippen molar-refractivity contribution in [1.82, 2.24) is 0 Å². The van der Waals surface area contributed by atoms with E-state index < -0.39 is 5.97 Å². The van der Waals surface area contributed by atoms with Gasteiger partial charge in [0.1, 0.15) is 0 Å². The quantitative estimate of drug-likeness (QED) is 0.435. The van der Waals surface area contributed by atoms with E-state index in [0.717, 1.165) is 0 Å². The lowest BCUT2D eigenvalue weighted by Crippen LogP contribution is -2.04. The van der Waals surface area contributed by atoms with Gasteiger partial charge in [0.2, 0.25) is 0 Å². The van der Waals surface area contributed by atoms with Crippen molar-refractivity contribution in [3.05, 3.63) is 21.6 Å². The first-order valence-corrected chi connectivity index (χ1v) is 4.66. The minimum atomic E-state index is -0.581. The Morgan fingerprint density at radius 1 is 1.62 bits per heavy atom. The van der Waals surface area contributed by atoms with Crippen LogP contribution in [-0.4, -0.2) is 13.1 Å². The Kier molecular flexibility index (Phi) is 5.40. The number of esters is 1. The second kappa shape index (κ2) is 5.76. The predicted molar refractivity (Wildman–Crippen MR) is 54.0 cm³/mol. The fraction of sp³-hybridized carbons (Fsp3) is 0.556. The zero-order chi connectivity index (χ0) is 10.4. The number of methoxy groups -OCH3 is 1. The third kappa shape index (κ3) is 4.09. The highest BCUT2D eigenvalue weighted by Crippen LogP contribution is 2.22. The second-order valence-corrected chi connectivity index (χ2v) is 3.91. The van der Waals surface area contributed by atoms with Crippen molar-refractivity contribution in [3.63, 3.8) is 0 Å². The molecule has 0 aliphatic rings. The van der Waals surface area contributed by atoms with Crippen LogP contribution in [0.2, 0.25) is 0 Å². The first-order valence-electron chi connectivity index (χ1n) is 3.87. The number of ether oxygens (including phenoxy) is 1. The Bertz CT molecular complexity index is 263. The molecule has 0 heterocycles. The van der Waals surface area contributed by atoms with E-state index >= 15 is 0 Å². The van der Waals surface area contributed by atoms with Crippen molar-refractivity contribution in [1.29, 1.82) is 0 Å². The molecule has 13 heavy (non-hydrogen) atoms. The molecule has 0 spiro atoms. The van der Waals surface area contributed by atoms with E-state index in [-0.39, 0.29) is 5.70 Å². The zero-order valence-corrected chi connectivity index (χ0v) is 9.51. The van der Waals surface area contributed by atoms with Gasteiger partial charge in [0.25, 0.3) is 5.70 Å². The summed E-state index contributed by atoms with van der Waals surface area (Å²) in [6.07, 6.45) is 0.673. The Balaban J connectivity index is 4.72. The van der Waals surface area contributed by atoms with Gasteiger partial charge < -0.3 is 4.74 Å². The summed E-state index contributed by atoms with van der Waals surface area (Å²) in [5, 5.41) is 0. The van der Waals surface area contributed by atoms with Crippen LogP contribution >= 0.6 is 15.9 Å². The summed E-state index contributed by atoms with van der Waals surface area (Å²) in [6, 6.07) is 0.